The molecule has 1 fully saturated rings. The van der Waals surface area contributed by atoms with Gasteiger partial charge in [-0.1, -0.05) is 6.07 Å². The van der Waals surface area contributed by atoms with E-state index in [1.54, 1.807) is 18.1 Å². The van der Waals surface area contributed by atoms with Crippen LogP contribution in [0.5, 0.6) is 0 Å². The molecule has 20 heavy (non-hydrogen) atoms. The summed E-state index contributed by atoms with van der Waals surface area (Å²) in [4.78, 5) is 30.3. The highest BCUT2D eigenvalue weighted by atomic mass is 16.4. The first-order valence-electron chi connectivity index (χ1n) is 6.71. The number of carboxylic acid groups (broad SMARTS) is 1. The zero-order chi connectivity index (χ0) is 14.5. The molecule has 0 radical (unpaired) electrons. The van der Waals surface area contributed by atoms with E-state index in [4.69, 9.17) is 5.11 Å². The summed E-state index contributed by atoms with van der Waals surface area (Å²) in [7, 11) is 1.70. The van der Waals surface area contributed by atoms with Crippen molar-refractivity contribution in [2.45, 2.75) is 25.3 Å². The van der Waals surface area contributed by atoms with Gasteiger partial charge in [0, 0.05) is 37.9 Å². The van der Waals surface area contributed by atoms with E-state index in [9.17, 15) is 9.59 Å². The predicted molar refractivity (Wildman–Crippen MR) is 73.3 cm³/mol. The molecule has 0 aromatic carbocycles. The Morgan fingerprint density at radius 1 is 1.40 bits per heavy atom. The Kier molecular flexibility index (Phi) is 4.55. The fraction of sp³-hybridized carbons (Fsp3) is 0.500. The van der Waals surface area contributed by atoms with Crippen molar-refractivity contribution < 1.29 is 14.7 Å². The van der Waals surface area contributed by atoms with Gasteiger partial charge in [0.2, 0.25) is 0 Å². The first kappa shape index (κ1) is 14.3. The minimum Gasteiger partial charge on any atom is -0.480 e. The number of aromatic nitrogens is 1. The monoisotopic (exact) mass is 277 g/mol. The van der Waals surface area contributed by atoms with Crippen LogP contribution in [0.2, 0.25) is 0 Å². The smallest absolute Gasteiger partial charge is 0.323 e. The number of pyridine rings is 1. The molecular weight excluding hydrogens is 258 g/mol. The van der Waals surface area contributed by atoms with Crippen LogP contribution in [0.25, 0.3) is 0 Å². The summed E-state index contributed by atoms with van der Waals surface area (Å²) in [5, 5.41) is 8.88. The van der Waals surface area contributed by atoms with Crippen molar-refractivity contribution in [2.24, 2.45) is 0 Å². The molecule has 0 bridgehead atoms. The second-order valence-electron chi connectivity index (χ2n) is 5.03. The molecule has 0 spiro atoms. The lowest BCUT2D eigenvalue weighted by atomic mass is 10.2. The minimum absolute atomic E-state index is 0.0934. The van der Waals surface area contributed by atoms with Crippen LogP contribution in [-0.4, -0.2) is 58.1 Å². The molecule has 1 N–H and O–H groups in total. The number of urea groups is 1. The van der Waals surface area contributed by atoms with Crippen LogP contribution in [0.15, 0.2) is 24.4 Å². The number of carbonyl (C=O) groups is 2. The van der Waals surface area contributed by atoms with Crippen molar-refractivity contribution in [3.8, 4) is 0 Å². The average Bonchev–Trinajstić information content (AvgIpc) is 3.27. The van der Waals surface area contributed by atoms with Crippen molar-refractivity contribution in [3.63, 3.8) is 0 Å². The van der Waals surface area contributed by atoms with Gasteiger partial charge in [0.1, 0.15) is 6.54 Å². The van der Waals surface area contributed by atoms with E-state index in [0.29, 0.717) is 13.0 Å². The summed E-state index contributed by atoms with van der Waals surface area (Å²) >= 11 is 0. The highest BCUT2D eigenvalue weighted by molar-refractivity contribution is 5.80. The largest absolute Gasteiger partial charge is 0.480 e. The molecule has 0 unspecified atom stereocenters. The van der Waals surface area contributed by atoms with Crippen LogP contribution < -0.4 is 0 Å². The summed E-state index contributed by atoms with van der Waals surface area (Å²) in [5.74, 6) is -0.969. The molecule has 6 heteroatoms. The van der Waals surface area contributed by atoms with Crippen LogP contribution in [0, 0.1) is 0 Å². The van der Waals surface area contributed by atoms with Gasteiger partial charge in [-0.2, -0.15) is 0 Å². The lowest BCUT2D eigenvalue weighted by Crippen LogP contribution is -2.45. The van der Waals surface area contributed by atoms with E-state index in [2.05, 4.69) is 4.98 Å². The van der Waals surface area contributed by atoms with E-state index >= 15 is 0 Å². The third kappa shape index (κ3) is 3.94. The Morgan fingerprint density at radius 3 is 2.70 bits per heavy atom. The zero-order valence-corrected chi connectivity index (χ0v) is 11.5. The number of likely N-dealkylation sites (N-methyl/N-ethyl adjacent to an activating group) is 1. The maximum Gasteiger partial charge on any atom is 0.323 e. The number of carbonyl (C=O) groups excluding carboxylic acids is 1. The van der Waals surface area contributed by atoms with Crippen LogP contribution in [0.3, 0.4) is 0 Å². The first-order chi connectivity index (χ1) is 9.58. The van der Waals surface area contributed by atoms with Gasteiger partial charge >= 0.3 is 12.0 Å². The zero-order valence-electron chi connectivity index (χ0n) is 11.5. The topological polar surface area (TPSA) is 73.7 Å². The van der Waals surface area contributed by atoms with Crippen LogP contribution in [-0.2, 0) is 11.2 Å². The number of hydrogen-bond acceptors (Lipinski definition) is 3. The fourth-order valence-corrected chi connectivity index (χ4v) is 2.03. The number of amides is 2. The maximum atomic E-state index is 12.2. The number of carboxylic acids is 1. The number of aliphatic carboxylic acids is 1. The van der Waals surface area contributed by atoms with Crippen LogP contribution in [0.1, 0.15) is 18.5 Å². The second kappa shape index (κ2) is 6.36. The van der Waals surface area contributed by atoms with E-state index in [1.807, 2.05) is 18.2 Å². The summed E-state index contributed by atoms with van der Waals surface area (Å²) in [5.41, 5.74) is 0.920. The number of nitrogens with zero attached hydrogens (tertiary/aromatic N) is 3. The Hall–Kier alpha value is -2.11. The van der Waals surface area contributed by atoms with Crippen molar-refractivity contribution in [3.05, 3.63) is 30.1 Å². The molecule has 1 aromatic rings. The summed E-state index contributed by atoms with van der Waals surface area (Å²) in [6.45, 7) is 0.302. The molecular formula is C14H19N3O3. The molecule has 1 heterocycles. The highest BCUT2D eigenvalue weighted by Gasteiger charge is 2.35. The molecule has 1 aliphatic carbocycles. The third-order valence-electron chi connectivity index (χ3n) is 3.30. The molecule has 1 aromatic heterocycles. The van der Waals surface area contributed by atoms with E-state index < -0.39 is 5.97 Å². The Labute approximate surface area is 118 Å². The summed E-state index contributed by atoms with van der Waals surface area (Å²) < 4.78 is 0. The van der Waals surface area contributed by atoms with Gasteiger partial charge in [0.25, 0.3) is 0 Å². The van der Waals surface area contributed by atoms with Crippen LogP contribution in [0.4, 0.5) is 4.79 Å². The molecule has 2 amide bonds. The highest BCUT2D eigenvalue weighted by Crippen LogP contribution is 2.27. The van der Waals surface area contributed by atoms with Crippen molar-refractivity contribution in [1.82, 2.24) is 14.8 Å². The minimum atomic E-state index is -0.969. The fourth-order valence-electron chi connectivity index (χ4n) is 2.03. The van der Waals surface area contributed by atoms with E-state index in [0.717, 1.165) is 18.5 Å². The van der Waals surface area contributed by atoms with Gasteiger partial charge in [-0.3, -0.25) is 9.78 Å². The van der Waals surface area contributed by atoms with Crippen molar-refractivity contribution in [1.29, 1.82) is 0 Å². The molecule has 0 saturated heterocycles. The Bertz CT molecular complexity index is 474. The maximum absolute atomic E-state index is 12.2. The molecule has 0 atom stereocenters. The molecule has 2 rings (SSSR count). The quantitative estimate of drug-likeness (QED) is 0.848. The predicted octanol–water partition coefficient (Wildman–Crippen LogP) is 1.22. The Balaban J connectivity index is 1.88. The van der Waals surface area contributed by atoms with Gasteiger partial charge in [-0.05, 0) is 25.0 Å². The van der Waals surface area contributed by atoms with E-state index in [-0.39, 0.29) is 18.6 Å². The van der Waals surface area contributed by atoms with Gasteiger partial charge < -0.3 is 14.9 Å². The summed E-state index contributed by atoms with van der Waals surface area (Å²) in [6.07, 6.45) is 4.17. The molecule has 0 aliphatic heterocycles. The van der Waals surface area contributed by atoms with Crippen molar-refractivity contribution in [2.75, 3.05) is 20.1 Å². The molecule has 1 saturated carbocycles. The number of hydrogen-bond donors (Lipinski definition) is 1. The van der Waals surface area contributed by atoms with Gasteiger partial charge in [-0.15, -0.1) is 0 Å². The van der Waals surface area contributed by atoms with Crippen molar-refractivity contribution >= 4 is 12.0 Å². The molecule has 108 valence electrons. The lowest BCUT2D eigenvalue weighted by molar-refractivity contribution is -0.137. The lowest BCUT2D eigenvalue weighted by Gasteiger charge is -2.26. The normalized spacial score (nSPS) is 13.8. The van der Waals surface area contributed by atoms with Gasteiger partial charge in [0.05, 0.1) is 0 Å². The standard InChI is InChI=1S/C14H19N3O3/c1-16(9-7-11-4-2-3-8-15-11)14(20)17(10-13(18)19)12-5-6-12/h2-4,8,12H,5-7,9-10H2,1H3,(H,18,19). The second-order valence-corrected chi connectivity index (χ2v) is 5.03. The van der Waals surface area contributed by atoms with E-state index in [1.165, 1.54) is 4.90 Å². The SMILES string of the molecule is CN(CCc1ccccn1)C(=O)N(CC(=O)O)C1CC1. The van der Waals surface area contributed by atoms with Gasteiger partial charge in [0.15, 0.2) is 0 Å². The first-order valence-corrected chi connectivity index (χ1v) is 6.71. The molecule has 1 aliphatic rings. The summed E-state index contributed by atoms with van der Waals surface area (Å²) in [6, 6.07) is 5.54. The Morgan fingerprint density at radius 2 is 2.15 bits per heavy atom. The third-order valence-corrected chi connectivity index (χ3v) is 3.30. The van der Waals surface area contributed by atoms with Crippen LogP contribution >= 0.6 is 0 Å². The number of rotatable bonds is 6. The molecule has 6 nitrogen and oxygen atoms in total. The average molecular weight is 277 g/mol. The van der Waals surface area contributed by atoms with Gasteiger partial charge in [-0.25, -0.2) is 4.79 Å².